The lowest BCUT2D eigenvalue weighted by atomic mass is 10.1. The molecule has 0 bridgehead atoms. The normalized spacial score (nSPS) is 18.5. The lowest BCUT2D eigenvalue weighted by Crippen LogP contribution is -2.26. The molecule has 0 radical (unpaired) electrons. The molecule has 22 heavy (non-hydrogen) atoms. The van der Waals surface area contributed by atoms with E-state index >= 15 is 0 Å². The van der Waals surface area contributed by atoms with Crippen LogP contribution in [0.15, 0.2) is 47.0 Å². The second-order valence-corrected chi connectivity index (χ2v) is 7.24. The van der Waals surface area contributed by atoms with E-state index in [9.17, 15) is 18.5 Å². The zero-order chi connectivity index (χ0) is 16.3. The number of benzene rings is 1. The number of sulfonamides is 1. The van der Waals surface area contributed by atoms with E-state index in [1.165, 1.54) is 6.08 Å². The summed E-state index contributed by atoms with van der Waals surface area (Å²) in [5.74, 6) is 0. The van der Waals surface area contributed by atoms with Gasteiger partial charge in [0.25, 0.3) is 5.70 Å². The van der Waals surface area contributed by atoms with E-state index in [0.29, 0.717) is 0 Å². The maximum Gasteiger partial charge on any atom is 0.265 e. The summed E-state index contributed by atoms with van der Waals surface area (Å²) in [6.45, 7) is 2.05. The number of nitro groups is 1. The fourth-order valence-corrected chi connectivity index (χ4v) is 3.30. The van der Waals surface area contributed by atoms with Crippen molar-refractivity contribution in [1.82, 2.24) is 4.72 Å². The van der Waals surface area contributed by atoms with Crippen molar-refractivity contribution in [2.24, 2.45) is 0 Å². The van der Waals surface area contributed by atoms with E-state index in [0.717, 1.165) is 17.2 Å². The van der Waals surface area contributed by atoms with Gasteiger partial charge in [0.15, 0.2) is 0 Å². The zero-order valence-electron chi connectivity index (χ0n) is 11.8. The highest BCUT2D eigenvalue weighted by Crippen LogP contribution is 2.25. The smallest absolute Gasteiger partial charge is 0.259 e. The molecule has 1 aliphatic rings. The molecule has 0 heterocycles. The van der Waals surface area contributed by atoms with Crippen molar-refractivity contribution in [3.8, 4) is 0 Å². The summed E-state index contributed by atoms with van der Waals surface area (Å²) in [7, 11) is -3.81. The van der Waals surface area contributed by atoms with Gasteiger partial charge in [-0.3, -0.25) is 10.1 Å². The van der Waals surface area contributed by atoms with Crippen LogP contribution in [-0.4, -0.2) is 18.7 Å². The number of nitrogens with one attached hydrogen (secondary N) is 1. The predicted octanol–water partition coefficient (Wildman–Crippen LogP) is 2.47. The molecule has 1 atom stereocenters. The van der Waals surface area contributed by atoms with Gasteiger partial charge in [0.05, 0.1) is 9.83 Å². The summed E-state index contributed by atoms with van der Waals surface area (Å²) in [6, 6.07) is 7.40. The van der Waals surface area contributed by atoms with Crippen molar-refractivity contribution in [2.45, 2.75) is 25.3 Å². The van der Waals surface area contributed by atoms with E-state index in [-0.39, 0.29) is 23.6 Å². The number of hydrogen-bond acceptors (Lipinski definition) is 4. The number of allylic oxidation sites excluding steroid dienone is 3. The standard InChI is InChI=1S/C14H15ClN2O4S/c1-10-2-4-11(5-3-10)9-16-22(20,21)12-6-7-13(15)14(8-12)17(18)19/h2-6,8,13,16H,7,9H2,1H3. The fraction of sp³-hybridized carbons (Fsp3) is 0.286. The number of rotatable bonds is 5. The number of nitrogens with zero attached hydrogens (tertiary/aromatic N) is 1. The Labute approximate surface area is 133 Å². The molecule has 2 rings (SSSR count). The van der Waals surface area contributed by atoms with Crippen molar-refractivity contribution in [1.29, 1.82) is 0 Å². The van der Waals surface area contributed by atoms with Crippen molar-refractivity contribution in [3.63, 3.8) is 0 Å². The molecule has 0 aliphatic heterocycles. The monoisotopic (exact) mass is 342 g/mol. The van der Waals surface area contributed by atoms with Crippen molar-refractivity contribution in [3.05, 3.63) is 68.3 Å². The SMILES string of the molecule is Cc1ccc(CNS(=O)(=O)C2=CCC(Cl)C([N+](=O)[O-])=C2)cc1. The van der Waals surface area contributed by atoms with Crippen LogP contribution >= 0.6 is 11.6 Å². The first kappa shape index (κ1) is 16.7. The predicted molar refractivity (Wildman–Crippen MR) is 84.4 cm³/mol. The minimum atomic E-state index is -3.81. The third-order valence-electron chi connectivity index (χ3n) is 3.25. The van der Waals surface area contributed by atoms with Gasteiger partial charge in [-0.15, -0.1) is 11.6 Å². The number of alkyl halides is 1. The van der Waals surface area contributed by atoms with Crippen LogP contribution in [0.5, 0.6) is 0 Å². The minimum Gasteiger partial charge on any atom is -0.259 e. The molecule has 0 amide bonds. The molecule has 1 aromatic carbocycles. The van der Waals surface area contributed by atoms with Crippen molar-refractivity contribution < 1.29 is 13.3 Å². The molecule has 1 unspecified atom stereocenters. The Morgan fingerprint density at radius 1 is 1.36 bits per heavy atom. The Morgan fingerprint density at radius 2 is 2.00 bits per heavy atom. The summed E-state index contributed by atoms with van der Waals surface area (Å²) < 4.78 is 26.9. The Morgan fingerprint density at radius 3 is 2.59 bits per heavy atom. The van der Waals surface area contributed by atoms with Crippen molar-refractivity contribution in [2.75, 3.05) is 0 Å². The second kappa shape index (κ2) is 6.60. The molecule has 0 spiro atoms. The average Bonchev–Trinajstić information content (AvgIpc) is 2.46. The fourth-order valence-electron chi connectivity index (χ4n) is 1.96. The topological polar surface area (TPSA) is 89.3 Å². The summed E-state index contributed by atoms with van der Waals surface area (Å²) >= 11 is 5.81. The first-order valence-electron chi connectivity index (χ1n) is 6.55. The Kier molecular flexibility index (Phi) is 5.00. The van der Waals surface area contributed by atoms with Crippen LogP contribution in [0.3, 0.4) is 0 Å². The molecule has 0 saturated heterocycles. The van der Waals surface area contributed by atoms with E-state index in [2.05, 4.69) is 4.72 Å². The molecule has 1 aromatic rings. The van der Waals surface area contributed by atoms with Gasteiger partial charge in [-0.05, 0) is 18.9 Å². The van der Waals surface area contributed by atoms with E-state index in [4.69, 9.17) is 11.6 Å². The average molecular weight is 343 g/mol. The third-order valence-corrected chi connectivity index (χ3v) is 5.08. The first-order valence-corrected chi connectivity index (χ1v) is 8.47. The number of halogens is 1. The van der Waals surface area contributed by atoms with Gasteiger partial charge >= 0.3 is 0 Å². The van der Waals surface area contributed by atoms with Crippen LogP contribution in [0.25, 0.3) is 0 Å². The molecule has 0 saturated carbocycles. The van der Waals surface area contributed by atoms with Crippen LogP contribution in [0.2, 0.25) is 0 Å². The third kappa shape index (κ3) is 3.94. The summed E-state index contributed by atoms with van der Waals surface area (Å²) in [5, 5.41) is 10.0. The van der Waals surface area contributed by atoms with Crippen LogP contribution in [-0.2, 0) is 16.6 Å². The Bertz CT molecular complexity index is 739. The molecular formula is C14H15ClN2O4S. The van der Waals surface area contributed by atoms with Gasteiger partial charge in [0.1, 0.15) is 5.38 Å². The molecule has 6 nitrogen and oxygen atoms in total. The van der Waals surface area contributed by atoms with Gasteiger partial charge in [0.2, 0.25) is 10.0 Å². The van der Waals surface area contributed by atoms with Crippen LogP contribution in [0, 0.1) is 17.0 Å². The molecule has 1 aliphatic carbocycles. The maximum atomic E-state index is 12.2. The molecule has 8 heteroatoms. The van der Waals surface area contributed by atoms with Gasteiger partial charge in [0, 0.05) is 12.6 Å². The summed E-state index contributed by atoms with van der Waals surface area (Å²) in [4.78, 5) is 10.1. The van der Waals surface area contributed by atoms with Crippen LogP contribution in [0.1, 0.15) is 17.5 Å². The van der Waals surface area contributed by atoms with Gasteiger partial charge in [-0.2, -0.15) is 0 Å². The first-order chi connectivity index (χ1) is 10.3. The Balaban J connectivity index is 2.13. The molecule has 1 N–H and O–H groups in total. The van der Waals surface area contributed by atoms with E-state index in [1.807, 2.05) is 31.2 Å². The summed E-state index contributed by atoms with van der Waals surface area (Å²) in [6.07, 6.45) is 2.51. The molecule has 0 fully saturated rings. The van der Waals surface area contributed by atoms with Gasteiger partial charge in [-0.25, -0.2) is 13.1 Å². The van der Waals surface area contributed by atoms with Gasteiger partial charge < -0.3 is 0 Å². The molecule has 118 valence electrons. The highest BCUT2D eigenvalue weighted by Gasteiger charge is 2.29. The zero-order valence-corrected chi connectivity index (χ0v) is 13.4. The van der Waals surface area contributed by atoms with E-state index in [1.54, 1.807) is 0 Å². The van der Waals surface area contributed by atoms with Gasteiger partial charge in [-0.1, -0.05) is 35.9 Å². The highest BCUT2D eigenvalue weighted by molar-refractivity contribution is 7.93. The molecular weight excluding hydrogens is 328 g/mol. The quantitative estimate of drug-likeness (QED) is 0.505. The highest BCUT2D eigenvalue weighted by atomic mass is 35.5. The van der Waals surface area contributed by atoms with Crippen LogP contribution in [0.4, 0.5) is 0 Å². The molecule has 0 aromatic heterocycles. The largest absolute Gasteiger partial charge is 0.265 e. The maximum absolute atomic E-state index is 12.2. The second-order valence-electron chi connectivity index (χ2n) is 4.95. The summed E-state index contributed by atoms with van der Waals surface area (Å²) in [5.41, 5.74) is 1.58. The number of hydrogen-bond donors (Lipinski definition) is 1. The lowest BCUT2D eigenvalue weighted by Gasteiger charge is -2.13. The van der Waals surface area contributed by atoms with Crippen LogP contribution < -0.4 is 4.72 Å². The Hall–Kier alpha value is -1.70. The lowest BCUT2D eigenvalue weighted by molar-refractivity contribution is -0.427. The van der Waals surface area contributed by atoms with Crippen molar-refractivity contribution >= 4 is 21.6 Å². The number of aryl methyl sites for hydroxylation is 1. The minimum absolute atomic E-state index is 0.106. The van der Waals surface area contributed by atoms with E-state index < -0.39 is 20.3 Å².